The van der Waals surface area contributed by atoms with E-state index < -0.39 is 0 Å². The molecule has 0 aliphatic heterocycles. The van der Waals surface area contributed by atoms with Crippen molar-refractivity contribution in [3.8, 4) is 0 Å². The number of nitrogens with zero attached hydrogens (tertiary/aromatic N) is 5. The van der Waals surface area contributed by atoms with Gasteiger partial charge in [-0.05, 0) is 6.07 Å². The number of anilines is 1. The second-order valence-electron chi connectivity index (χ2n) is 4.79. The van der Waals surface area contributed by atoms with Gasteiger partial charge >= 0.3 is 0 Å². The Balaban J connectivity index is 2.94. The summed E-state index contributed by atoms with van der Waals surface area (Å²) in [6.07, 6.45) is 1.81. The van der Waals surface area contributed by atoms with Gasteiger partial charge in [0.25, 0.3) is 0 Å². The molecule has 0 unspecified atom stereocenters. The van der Waals surface area contributed by atoms with Crippen molar-refractivity contribution < 1.29 is 0 Å². The van der Waals surface area contributed by atoms with E-state index in [0.717, 1.165) is 17.3 Å². The first-order chi connectivity index (χ1) is 8.43. The first-order valence-corrected chi connectivity index (χ1v) is 5.93. The molecule has 0 fully saturated rings. The molecule has 0 N–H and O–H groups in total. The second-order valence-corrected chi connectivity index (χ2v) is 4.79. The quantitative estimate of drug-likeness (QED) is 0.594. The maximum atomic E-state index is 4.64. The third-order valence-corrected chi connectivity index (χ3v) is 2.48. The van der Waals surface area contributed by atoms with Gasteiger partial charge in [-0.1, -0.05) is 6.07 Å². The van der Waals surface area contributed by atoms with Crippen LogP contribution in [0.15, 0.2) is 23.3 Å². The maximum Gasteiger partial charge on any atom is 0.195 e. The molecule has 1 aromatic rings. The number of hydrogen-bond acceptors (Lipinski definition) is 3. The Kier molecular flexibility index (Phi) is 4.95. The highest BCUT2D eigenvalue weighted by atomic mass is 15.3. The molecular weight excluding hydrogens is 226 g/mol. The van der Waals surface area contributed by atoms with Crippen LogP contribution in [0.4, 0.5) is 5.82 Å². The Morgan fingerprint density at radius 1 is 1.11 bits per heavy atom. The van der Waals surface area contributed by atoms with Crippen LogP contribution in [0.3, 0.4) is 0 Å². The van der Waals surface area contributed by atoms with Gasteiger partial charge in [-0.2, -0.15) is 0 Å². The fraction of sp³-hybridized carbons (Fsp3) is 0.538. The highest BCUT2D eigenvalue weighted by Crippen LogP contribution is 2.15. The maximum absolute atomic E-state index is 4.64. The smallest absolute Gasteiger partial charge is 0.195 e. The van der Waals surface area contributed by atoms with Crippen molar-refractivity contribution in [2.24, 2.45) is 4.99 Å². The van der Waals surface area contributed by atoms with Crippen LogP contribution in [-0.2, 0) is 6.54 Å². The highest BCUT2D eigenvalue weighted by Gasteiger charge is 2.07. The molecule has 0 amide bonds. The zero-order valence-corrected chi connectivity index (χ0v) is 12.2. The van der Waals surface area contributed by atoms with Crippen molar-refractivity contribution in [2.45, 2.75) is 6.54 Å². The molecular formula is C13H23N5. The Bertz CT molecular complexity index is 400. The molecule has 0 spiro atoms. The number of pyridine rings is 1. The first-order valence-electron chi connectivity index (χ1n) is 5.93. The molecule has 18 heavy (non-hydrogen) atoms. The lowest BCUT2D eigenvalue weighted by Crippen LogP contribution is -2.35. The van der Waals surface area contributed by atoms with Crippen LogP contribution in [0.2, 0.25) is 0 Å². The van der Waals surface area contributed by atoms with Gasteiger partial charge in [0.2, 0.25) is 0 Å². The van der Waals surface area contributed by atoms with E-state index in [-0.39, 0.29) is 0 Å². The van der Waals surface area contributed by atoms with E-state index in [9.17, 15) is 0 Å². The van der Waals surface area contributed by atoms with E-state index in [0.29, 0.717) is 6.54 Å². The van der Waals surface area contributed by atoms with Gasteiger partial charge in [0.15, 0.2) is 5.96 Å². The second kappa shape index (κ2) is 6.23. The summed E-state index contributed by atoms with van der Waals surface area (Å²) in [7, 11) is 12.0. The molecule has 0 saturated heterocycles. The summed E-state index contributed by atoms with van der Waals surface area (Å²) in [6, 6.07) is 4.01. The number of aliphatic imine (C=N–C) groups is 1. The van der Waals surface area contributed by atoms with Crippen molar-refractivity contribution in [3.63, 3.8) is 0 Å². The minimum atomic E-state index is 0.632. The molecule has 0 bridgehead atoms. The zero-order valence-electron chi connectivity index (χ0n) is 12.2. The summed E-state index contributed by atoms with van der Waals surface area (Å²) in [4.78, 5) is 15.0. The average molecular weight is 249 g/mol. The van der Waals surface area contributed by atoms with Crippen LogP contribution < -0.4 is 4.90 Å². The fourth-order valence-corrected chi connectivity index (χ4v) is 1.80. The topological polar surface area (TPSA) is 35.0 Å². The molecule has 1 aromatic heterocycles. The van der Waals surface area contributed by atoms with Gasteiger partial charge < -0.3 is 14.7 Å². The molecule has 0 aliphatic rings. The van der Waals surface area contributed by atoms with Gasteiger partial charge in [-0.25, -0.2) is 9.98 Å². The zero-order chi connectivity index (χ0) is 13.7. The van der Waals surface area contributed by atoms with Crippen LogP contribution in [0.1, 0.15) is 5.56 Å². The molecule has 0 aliphatic carbocycles. The largest absolute Gasteiger partial charge is 0.362 e. The number of rotatable bonds is 3. The number of aromatic nitrogens is 1. The van der Waals surface area contributed by atoms with Crippen LogP contribution in [0, 0.1) is 0 Å². The molecule has 0 atom stereocenters. The van der Waals surface area contributed by atoms with Crippen molar-refractivity contribution in [2.75, 3.05) is 47.2 Å². The van der Waals surface area contributed by atoms with Gasteiger partial charge in [-0.15, -0.1) is 0 Å². The Labute approximate surface area is 110 Å². The summed E-state index contributed by atoms with van der Waals surface area (Å²) in [5.74, 6) is 1.92. The van der Waals surface area contributed by atoms with Gasteiger partial charge in [-0.3, -0.25) is 0 Å². The van der Waals surface area contributed by atoms with Crippen LogP contribution in [-0.4, -0.2) is 63.0 Å². The molecule has 0 radical (unpaired) electrons. The minimum absolute atomic E-state index is 0.632. The summed E-state index contributed by atoms with van der Waals surface area (Å²) < 4.78 is 0. The molecule has 100 valence electrons. The minimum Gasteiger partial charge on any atom is -0.362 e. The van der Waals surface area contributed by atoms with Crippen LogP contribution >= 0.6 is 0 Å². The normalized spacial score (nSPS) is 9.89. The molecule has 0 saturated carbocycles. The third-order valence-electron chi connectivity index (χ3n) is 2.48. The monoisotopic (exact) mass is 249 g/mol. The SMILES string of the molecule is CN(C)C(=NCc1cccnc1N(C)C)N(C)C. The number of guanidine groups is 1. The van der Waals surface area contributed by atoms with E-state index in [1.54, 1.807) is 6.20 Å². The molecule has 1 heterocycles. The average Bonchev–Trinajstić information content (AvgIpc) is 2.28. The molecule has 1 rings (SSSR count). The van der Waals surface area contributed by atoms with Gasteiger partial charge in [0, 0.05) is 54.0 Å². The summed E-state index contributed by atoms with van der Waals surface area (Å²) in [5, 5.41) is 0. The van der Waals surface area contributed by atoms with Crippen molar-refractivity contribution in [3.05, 3.63) is 23.9 Å². The standard InChI is InChI=1S/C13H23N5/c1-16(2)12-11(8-7-9-14-12)10-15-13(17(3)4)18(5)6/h7-9H,10H2,1-6H3. The van der Waals surface area contributed by atoms with E-state index in [1.165, 1.54) is 0 Å². The van der Waals surface area contributed by atoms with Crippen molar-refractivity contribution in [1.82, 2.24) is 14.8 Å². The van der Waals surface area contributed by atoms with E-state index in [2.05, 4.69) is 16.0 Å². The Morgan fingerprint density at radius 3 is 2.22 bits per heavy atom. The Hall–Kier alpha value is -1.78. The predicted octanol–water partition coefficient (Wildman–Crippen LogP) is 1.13. The predicted molar refractivity (Wildman–Crippen MR) is 77.1 cm³/mol. The fourth-order valence-electron chi connectivity index (χ4n) is 1.80. The van der Waals surface area contributed by atoms with Gasteiger partial charge in [0.05, 0.1) is 6.54 Å². The first kappa shape index (κ1) is 14.3. The van der Waals surface area contributed by atoms with Crippen LogP contribution in [0.25, 0.3) is 0 Å². The lowest BCUT2D eigenvalue weighted by molar-refractivity contribution is 0.479. The molecule has 0 aromatic carbocycles. The van der Waals surface area contributed by atoms with Crippen molar-refractivity contribution in [1.29, 1.82) is 0 Å². The van der Waals surface area contributed by atoms with E-state index >= 15 is 0 Å². The van der Waals surface area contributed by atoms with Crippen LogP contribution in [0.5, 0.6) is 0 Å². The lowest BCUT2D eigenvalue weighted by Gasteiger charge is -2.23. The highest BCUT2D eigenvalue weighted by molar-refractivity contribution is 5.79. The van der Waals surface area contributed by atoms with Crippen molar-refractivity contribution >= 4 is 11.8 Å². The number of hydrogen-bond donors (Lipinski definition) is 0. The molecule has 5 heteroatoms. The van der Waals surface area contributed by atoms with E-state index in [4.69, 9.17) is 0 Å². The summed E-state index contributed by atoms with van der Waals surface area (Å²) in [5.41, 5.74) is 1.13. The molecule has 5 nitrogen and oxygen atoms in total. The van der Waals surface area contributed by atoms with Gasteiger partial charge in [0.1, 0.15) is 5.82 Å². The Morgan fingerprint density at radius 2 is 1.72 bits per heavy atom. The lowest BCUT2D eigenvalue weighted by atomic mass is 10.2. The summed E-state index contributed by atoms with van der Waals surface area (Å²) in [6.45, 7) is 0.632. The summed E-state index contributed by atoms with van der Waals surface area (Å²) >= 11 is 0. The third kappa shape index (κ3) is 3.61. The van der Waals surface area contributed by atoms with E-state index in [1.807, 2.05) is 63.1 Å².